The minimum atomic E-state index is -0.311. The van der Waals surface area contributed by atoms with Gasteiger partial charge in [-0.25, -0.2) is 9.98 Å². The van der Waals surface area contributed by atoms with Crippen molar-refractivity contribution in [3.63, 3.8) is 0 Å². The largest absolute Gasteiger partial charge is 0.455 e. The first-order chi connectivity index (χ1) is 29.7. The maximum Gasteiger partial charge on any atom is 0.159 e. The van der Waals surface area contributed by atoms with Crippen molar-refractivity contribution in [2.24, 2.45) is 9.98 Å². The van der Waals surface area contributed by atoms with Crippen LogP contribution in [0.2, 0.25) is 0 Å². The molecule has 0 spiro atoms. The van der Waals surface area contributed by atoms with Crippen molar-refractivity contribution in [1.82, 2.24) is 9.88 Å². The lowest BCUT2D eigenvalue weighted by Gasteiger charge is -2.24. The van der Waals surface area contributed by atoms with E-state index in [0.717, 1.165) is 83.4 Å². The fourth-order valence-corrected chi connectivity index (χ4v) is 8.91. The van der Waals surface area contributed by atoms with E-state index in [4.69, 9.17) is 14.4 Å². The summed E-state index contributed by atoms with van der Waals surface area (Å²) in [7, 11) is 0. The van der Waals surface area contributed by atoms with Crippen molar-refractivity contribution in [3.05, 3.63) is 223 Å². The van der Waals surface area contributed by atoms with Gasteiger partial charge in [-0.1, -0.05) is 152 Å². The maximum absolute atomic E-state index is 6.51. The molecule has 1 unspecified atom stereocenters. The van der Waals surface area contributed by atoms with Gasteiger partial charge in [0.25, 0.3) is 0 Å². The van der Waals surface area contributed by atoms with Crippen LogP contribution in [0.1, 0.15) is 22.9 Å². The second-order valence-corrected chi connectivity index (χ2v) is 15.4. The Bertz CT molecular complexity index is 3520. The van der Waals surface area contributed by atoms with E-state index in [9.17, 15) is 0 Å². The summed E-state index contributed by atoms with van der Waals surface area (Å²) in [5.74, 6) is 1.48. The first kappa shape index (κ1) is 34.1. The predicted octanol–water partition coefficient (Wildman–Crippen LogP) is 13.7. The number of hydrogen-bond donors (Lipinski definition) is 1. The first-order valence-corrected chi connectivity index (χ1v) is 20.3. The first-order valence-electron chi connectivity index (χ1n) is 20.3. The molecule has 0 saturated heterocycles. The third-order valence-electron chi connectivity index (χ3n) is 11.8. The van der Waals surface area contributed by atoms with E-state index < -0.39 is 0 Å². The maximum atomic E-state index is 6.51. The monoisotopic (exact) mass is 768 g/mol. The fourth-order valence-electron chi connectivity index (χ4n) is 8.91. The lowest BCUT2D eigenvalue weighted by atomic mass is 9.95. The van der Waals surface area contributed by atoms with Gasteiger partial charge in [0.15, 0.2) is 5.84 Å². The minimum Gasteiger partial charge on any atom is -0.455 e. The summed E-state index contributed by atoms with van der Waals surface area (Å²) in [5, 5.41) is 10.7. The van der Waals surface area contributed by atoms with Crippen LogP contribution in [0.4, 0.5) is 0 Å². The Morgan fingerprint density at radius 1 is 0.450 bits per heavy atom. The van der Waals surface area contributed by atoms with Gasteiger partial charge in [0.2, 0.25) is 0 Å². The summed E-state index contributed by atoms with van der Waals surface area (Å²) in [6, 6.07) is 72.9. The van der Waals surface area contributed by atoms with Crippen LogP contribution in [0, 0.1) is 0 Å². The molecule has 5 nitrogen and oxygen atoms in total. The van der Waals surface area contributed by atoms with Crippen molar-refractivity contribution in [3.8, 4) is 27.9 Å². The van der Waals surface area contributed by atoms with E-state index in [2.05, 4.69) is 192 Å². The molecule has 0 fully saturated rings. The number of aliphatic imine (C=N–C) groups is 2. The Morgan fingerprint density at radius 2 is 1.15 bits per heavy atom. The molecule has 0 radical (unpaired) electrons. The second kappa shape index (κ2) is 13.8. The average Bonchev–Trinajstić information content (AvgIpc) is 3.87. The molecule has 60 heavy (non-hydrogen) atoms. The number of fused-ring (bicyclic) bond motifs is 7. The van der Waals surface area contributed by atoms with E-state index in [1.807, 2.05) is 24.3 Å². The number of nitrogens with zero attached hydrogens (tertiary/aromatic N) is 3. The molecule has 282 valence electrons. The summed E-state index contributed by atoms with van der Waals surface area (Å²) in [4.78, 5) is 10.3. The van der Waals surface area contributed by atoms with E-state index in [0.29, 0.717) is 5.84 Å². The highest BCUT2D eigenvalue weighted by Gasteiger charge is 2.23. The number of rotatable bonds is 6. The number of benzene rings is 9. The molecule has 0 bridgehead atoms. The van der Waals surface area contributed by atoms with Crippen molar-refractivity contribution < 1.29 is 4.42 Å². The summed E-state index contributed by atoms with van der Waals surface area (Å²) >= 11 is 0. The molecule has 0 aliphatic carbocycles. The van der Waals surface area contributed by atoms with Gasteiger partial charge in [-0.3, -0.25) is 0 Å². The van der Waals surface area contributed by atoms with Gasteiger partial charge in [0, 0.05) is 43.9 Å². The normalized spacial score (nSPS) is 14.2. The fraction of sp³-hybridized carbons (Fsp3) is 0.0182. The van der Waals surface area contributed by atoms with Gasteiger partial charge in [-0.05, 0) is 87.6 Å². The molecule has 1 atom stereocenters. The van der Waals surface area contributed by atoms with Crippen LogP contribution in [0.15, 0.2) is 221 Å². The van der Waals surface area contributed by atoms with E-state index in [1.165, 1.54) is 21.5 Å². The zero-order valence-corrected chi connectivity index (χ0v) is 32.5. The standard InChI is InChI=1S/C55H36N4O/c1-3-15-36(16-4-1)46-33-42(34-48-45-23-10-12-25-51(45)60-52(46)48)39-28-29-50-47(32-39)44-22-9-11-24-49(44)59(50)43-21-13-20-40(31-43)54-56-53(37-17-5-2-6-18-37)57-55(58-54)41-27-26-35-14-7-8-19-38(35)30-41/h1-34,55H,(H,56,57,58). The van der Waals surface area contributed by atoms with Crippen LogP contribution in [0.5, 0.6) is 0 Å². The Morgan fingerprint density at radius 3 is 2.02 bits per heavy atom. The SMILES string of the molecule is c1ccc(C2=NC(c3ccc4ccccc4c3)NC(c3cccc(-n4c5ccccc5c5cc(-c6cc(-c7ccccc7)c7oc8ccccc8c7c6)ccc54)c3)=N2)cc1. The molecule has 1 aliphatic heterocycles. The number of furan rings is 1. The van der Waals surface area contributed by atoms with Crippen LogP contribution in [0.3, 0.4) is 0 Å². The van der Waals surface area contributed by atoms with Crippen LogP contribution in [-0.4, -0.2) is 16.2 Å². The van der Waals surface area contributed by atoms with Gasteiger partial charge >= 0.3 is 0 Å². The molecule has 5 heteroatoms. The summed E-state index contributed by atoms with van der Waals surface area (Å²) in [5.41, 5.74) is 12.7. The van der Waals surface area contributed by atoms with E-state index in [-0.39, 0.29) is 6.17 Å². The molecule has 1 N–H and O–H groups in total. The van der Waals surface area contributed by atoms with Crippen molar-refractivity contribution in [2.75, 3.05) is 0 Å². The predicted molar refractivity (Wildman–Crippen MR) is 248 cm³/mol. The molecule has 3 heterocycles. The summed E-state index contributed by atoms with van der Waals surface area (Å²) in [6.07, 6.45) is -0.311. The molecular weight excluding hydrogens is 733 g/mol. The number of nitrogens with one attached hydrogen (secondary N) is 1. The van der Waals surface area contributed by atoms with Gasteiger partial charge in [-0.2, -0.15) is 0 Å². The second-order valence-electron chi connectivity index (χ2n) is 15.4. The third kappa shape index (κ3) is 5.70. The zero-order chi connectivity index (χ0) is 39.6. The Hall–Kier alpha value is -8.02. The van der Waals surface area contributed by atoms with Gasteiger partial charge < -0.3 is 14.3 Å². The molecular formula is C55H36N4O. The van der Waals surface area contributed by atoms with Crippen LogP contribution in [-0.2, 0) is 0 Å². The summed E-state index contributed by atoms with van der Waals surface area (Å²) in [6.45, 7) is 0. The van der Waals surface area contributed by atoms with Crippen molar-refractivity contribution in [2.45, 2.75) is 6.17 Å². The van der Waals surface area contributed by atoms with Crippen molar-refractivity contribution >= 4 is 66.2 Å². The number of amidine groups is 2. The van der Waals surface area contributed by atoms with Gasteiger partial charge in [-0.15, -0.1) is 0 Å². The molecule has 9 aromatic carbocycles. The average molecular weight is 769 g/mol. The van der Waals surface area contributed by atoms with Crippen LogP contribution >= 0.6 is 0 Å². The number of hydrogen-bond acceptors (Lipinski definition) is 4. The summed E-state index contributed by atoms with van der Waals surface area (Å²) < 4.78 is 8.88. The highest BCUT2D eigenvalue weighted by molar-refractivity contribution is 6.15. The third-order valence-corrected chi connectivity index (χ3v) is 11.8. The van der Waals surface area contributed by atoms with Gasteiger partial charge in [0.05, 0.1) is 11.0 Å². The minimum absolute atomic E-state index is 0.311. The number of aromatic nitrogens is 1. The van der Waals surface area contributed by atoms with Crippen molar-refractivity contribution in [1.29, 1.82) is 0 Å². The quantitative estimate of drug-likeness (QED) is 0.183. The van der Waals surface area contributed by atoms with Crippen LogP contribution in [0.25, 0.3) is 82.5 Å². The molecule has 0 amide bonds. The zero-order valence-electron chi connectivity index (χ0n) is 32.5. The Kier molecular flexibility index (Phi) is 7.85. The topological polar surface area (TPSA) is 54.8 Å². The van der Waals surface area contributed by atoms with E-state index in [1.54, 1.807) is 0 Å². The highest BCUT2D eigenvalue weighted by Crippen LogP contribution is 2.41. The lowest BCUT2D eigenvalue weighted by molar-refractivity contribution is 0.670. The molecule has 11 aromatic rings. The number of para-hydroxylation sites is 2. The lowest BCUT2D eigenvalue weighted by Crippen LogP contribution is -2.33. The molecule has 2 aromatic heterocycles. The van der Waals surface area contributed by atoms with Crippen LogP contribution < -0.4 is 5.32 Å². The molecule has 0 saturated carbocycles. The highest BCUT2D eigenvalue weighted by atomic mass is 16.3. The Labute approximate surface area is 346 Å². The Balaban J connectivity index is 0.983. The van der Waals surface area contributed by atoms with E-state index >= 15 is 0 Å². The molecule has 12 rings (SSSR count). The molecule has 1 aliphatic rings. The van der Waals surface area contributed by atoms with Gasteiger partial charge in [0.1, 0.15) is 23.2 Å². The smallest absolute Gasteiger partial charge is 0.159 e.